The highest BCUT2D eigenvalue weighted by Crippen LogP contribution is 2.23. The van der Waals surface area contributed by atoms with E-state index in [4.69, 9.17) is 10.5 Å². The molecule has 0 saturated carbocycles. The molecule has 0 atom stereocenters. The van der Waals surface area contributed by atoms with E-state index < -0.39 is 0 Å². The maximum absolute atomic E-state index is 12.0. The van der Waals surface area contributed by atoms with E-state index in [0.29, 0.717) is 18.8 Å². The Morgan fingerprint density at radius 3 is 2.74 bits per heavy atom. The fourth-order valence-electron chi connectivity index (χ4n) is 1.72. The van der Waals surface area contributed by atoms with E-state index in [2.05, 4.69) is 5.32 Å². The molecule has 0 fully saturated rings. The Hall–Kier alpha value is -1.75. The highest BCUT2D eigenvalue weighted by molar-refractivity contribution is 5.97. The fraction of sp³-hybridized carbons (Fsp3) is 0.500. The number of benzene rings is 1. The molecule has 0 aliphatic heterocycles. The molecule has 0 spiro atoms. The van der Waals surface area contributed by atoms with Gasteiger partial charge in [-0.05, 0) is 36.6 Å². The van der Waals surface area contributed by atoms with Gasteiger partial charge in [0.05, 0.1) is 12.7 Å². The van der Waals surface area contributed by atoms with Crippen molar-refractivity contribution in [1.29, 1.82) is 0 Å². The summed E-state index contributed by atoms with van der Waals surface area (Å²) in [4.78, 5) is 12.0. The molecule has 0 saturated heterocycles. The minimum absolute atomic E-state index is 0.0602. The lowest BCUT2D eigenvalue weighted by molar-refractivity contribution is 0.0932. The molecule has 1 aromatic rings. The molecule has 1 rings (SSSR count). The van der Waals surface area contributed by atoms with E-state index in [1.165, 1.54) is 19.2 Å². The van der Waals surface area contributed by atoms with Gasteiger partial charge in [-0.1, -0.05) is 13.8 Å². The molecule has 4 N–H and O–H groups in total. The summed E-state index contributed by atoms with van der Waals surface area (Å²) < 4.78 is 5.04. The fourth-order valence-corrected chi connectivity index (χ4v) is 1.72. The van der Waals surface area contributed by atoms with Gasteiger partial charge in [-0.25, -0.2) is 0 Å². The number of hydrogen-bond donors (Lipinski definition) is 3. The number of rotatable bonds is 6. The third kappa shape index (κ3) is 4.44. The molecular formula is C14H22N2O3. The maximum atomic E-state index is 12.0. The molecule has 106 valence electrons. The molecule has 0 radical (unpaired) electrons. The van der Waals surface area contributed by atoms with E-state index >= 15 is 0 Å². The predicted molar refractivity (Wildman–Crippen MR) is 74.4 cm³/mol. The molecular weight excluding hydrogens is 244 g/mol. The Kier molecular flexibility index (Phi) is 5.18. The van der Waals surface area contributed by atoms with Gasteiger partial charge >= 0.3 is 0 Å². The highest BCUT2D eigenvalue weighted by atomic mass is 16.5. The number of amides is 1. The number of carbonyl (C=O) groups is 1. The molecule has 0 aliphatic carbocycles. The van der Waals surface area contributed by atoms with Gasteiger partial charge in [-0.3, -0.25) is 4.79 Å². The van der Waals surface area contributed by atoms with Crippen LogP contribution in [0.15, 0.2) is 18.2 Å². The van der Waals surface area contributed by atoms with E-state index in [1.54, 1.807) is 6.07 Å². The lowest BCUT2D eigenvalue weighted by Crippen LogP contribution is -2.35. The lowest BCUT2D eigenvalue weighted by Gasteiger charge is -2.24. The molecule has 5 heteroatoms. The Labute approximate surface area is 113 Å². The number of carbonyl (C=O) groups excluding carboxylic acids is 1. The zero-order valence-electron chi connectivity index (χ0n) is 11.7. The van der Waals surface area contributed by atoms with E-state index in [1.807, 2.05) is 13.8 Å². The van der Waals surface area contributed by atoms with Gasteiger partial charge < -0.3 is 20.9 Å². The molecule has 0 heterocycles. The van der Waals surface area contributed by atoms with Crippen molar-refractivity contribution in [3.8, 4) is 11.5 Å². The van der Waals surface area contributed by atoms with Gasteiger partial charge in [0.15, 0.2) is 0 Å². The highest BCUT2D eigenvalue weighted by Gasteiger charge is 2.19. The molecule has 0 aliphatic rings. The third-order valence-electron chi connectivity index (χ3n) is 3.00. The number of aromatic hydroxyl groups is 1. The maximum Gasteiger partial charge on any atom is 0.255 e. The summed E-state index contributed by atoms with van der Waals surface area (Å²) in [5.41, 5.74) is 5.67. The van der Waals surface area contributed by atoms with Gasteiger partial charge in [-0.15, -0.1) is 0 Å². The number of methoxy groups -OCH3 is 1. The molecule has 19 heavy (non-hydrogen) atoms. The molecule has 5 nitrogen and oxygen atoms in total. The van der Waals surface area contributed by atoms with Crippen LogP contribution in [-0.4, -0.2) is 31.2 Å². The average Bonchev–Trinajstić information content (AvgIpc) is 2.36. The van der Waals surface area contributed by atoms with Crippen molar-refractivity contribution in [1.82, 2.24) is 5.32 Å². The van der Waals surface area contributed by atoms with E-state index in [0.717, 1.165) is 6.42 Å². The Balaban J connectivity index is 2.73. The second kappa shape index (κ2) is 6.43. The van der Waals surface area contributed by atoms with Gasteiger partial charge in [0, 0.05) is 6.54 Å². The summed E-state index contributed by atoms with van der Waals surface area (Å²) in [7, 11) is 1.51. The first-order valence-electron chi connectivity index (χ1n) is 6.25. The van der Waals surface area contributed by atoms with Gasteiger partial charge in [0.2, 0.25) is 0 Å². The van der Waals surface area contributed by atoms with Crippen molar-refractivity contribution in [2.24, 2.45) is 11.1 Å². The van der Waals surface area contributed by atoms with Crippen LogP contribution in [0.5, 0.6) is 11.5 Å². The first-order valence-corrected chi connectivity index (χ1v) is 6.25. The summed E-state index contributed by atoms with van der Waals surface area (Å²) in [6.07, 6.45) is 0.817. The number of nitrogens with two attached hydrogens (primary N) is 1. The monoisotopic (exact) mass is 266 g/mol. The van der Waals surface area contributed by atoms with Crippen LogP contribution >= 0.6 is 0 Å². The Morgan fingerprint density at radius 1 is 1.47 bits per heavy atom. The minimum Gasteiger partial charge on any atom is -0.507 e. The first-order chi connectivity index (χ1) is 8.89. The molecule has 0 aromatic heterocycles. The topological polar surface area (TPSA) is 84.6 Å². The summed E-state index contributed by atoms with van der Waals surface area (Å²) in [5.74, 6) is 0.153. The van der Waals surface area contributed by atoms with Crippen LogP contribution in [0.3, 0.4) is 0 Å². The number of nitrogens with one attached hydrogen (secondary N) is 1. The molecule has 1 aromatic carbocycles. The zero-order chi connectivity index (χ0) is 14.5. The largest absolute Gasteiger partial charge is 0.507 e. The third-order valence-corrected chi connectivity index (χ3v) is 3.00. The van der Waals surface area contributed by atoms with Crippen LogP contribution in [0.2, 0.25) is 0 Å². The number of phenols is 1. The van der Waals surface area contributed by atoms with Crippen molar-refractivity contribution < 1.29 is 14.6 Å². The molecule has 0 unspecified atom stereocenters. The van der Waals surface area contributed by atoms with Crippen LogP contribution in [0.25, 0.3) is 0 Å². The number of hydrogen-bond acceptors (Lipinski definition) is 4. The molecule has 0 bridgehead atoms. The summed E-state index contributed by atoms with van der Waals surface area (Å²) in [5, 5.41) is 12.5. The summed E-state index contributed by atoms with van der Waals surface area (Å²) in [6, 6.07) is 4.56. The Bertz CT molecular complexity index is 444. The van der Waals surface area contributed by atoms with Crippen LogP contribution in [0.4, 0.5) is 0 Å². The SMILES string of the molecule is COc1ccc(O)c(C(=O)NCC(C)(C)CCN)c1. The van der Waals surface area contributed by atoms with Gasteiger partial charge in [0.25, 0.3) is 5.91 Å². The van der Waals surface area contributed by atoms with Crippen LogP contribution in [0, 0.1) is 5.41 Å². The number of ether oxygens (including phenoxy) is 1. The van der Waals surface area contributed by atoms with E-state index in [9.17, 15) is 9.90 Å². The number of phenolic OH excluding ortho intramolecular Hbond substituents is 1. The average molecular weight is 266 g/mol. The van der Waals surface area contributed by atoms with Crippen molar-refractivity contribution in [2.45, 2.75) is 20.3 Å². The van der Waals surface area contributed by atoms with Crippen molar-refractivity contribution in [3.63, 3.8) is 0 Å². The van der Waals surface area contributed by atoms with E-state index in [-0.39, 0.29) is 22.6 Å². The second-order valence-corrected chi connectivity index (χ2v) is 5.27. The summed E-state index contributed by atoms with van der Waals surface area (Å²) in [6.45, 7) is 5.14. The van der Waals surface area contributed by atoms with Crippen molar-refractivity contribution in [3.05, 3.63) is 23.8 Å². The standard InChI is InChI=1S/C14H22N2O3/c1-14(2,6-7-15)9-16-13(18)11-8-10(19-3)4-5-12(11)17/h4-5,8,17H,6-7,9,15H2,1-3H3,(H,16,18). The van der Waals surface area contributed by atoms with Crippen LogP contribution in [-0.2, 0) is 0 Å². The van der Waals surface area contributed by atoms with Crippen LogP contribution < -0.4 is 15.8 Å². The second-order valence-electron chi connectivity index (χ2n) is 5.27. The zero-order valence-corrected chi connectivity index (χ0v) is 11.7. The smallest absolute Gasteiger partial charge is 0.255 e. The normalized spacial score (nSPS) is 11.2. The summed E-state index contributed by atoms with van der Waals surface area (Å²) >= 11 is 0. The minimum atomic E-state index is -0.318. The van der Waals surface area contributed by atoms with Crippen molar-refractivity contribution >= 4 is 5.91 Å². The van der Waals surface area contributed by atoms with Gasteiger partial charge in [0.1, 0.15) is 11.5 Å². The lowest BCUT2D eigenvalue weighted by atomic mass is 9.89. The van der Waals surface area contributed by atoms with Crippen LogP contribution in [0.1, 0.15) is 30.6 Å². The van der Waals surface area contributed by atoms with Crippen molar-refractivity contribution in [2.75, 3.05) is 20.2 Å². The predicted octanol–water partition coefficient (Wildman–Crippen LogP) is 1.51. The molecule has 1 amide bonds. The Morgan fingerprint density at radius 2 is 2.16 bits per heavy atom. The van der Waals surface area contributed by atoms with Gasteiger partial charge in [-0.2, -0.15) is 0 Å². The quantitative estimate of drug-likeness (QED) is 0.728. The first kappa shape index (κ1) is 15.3.